The third-order valence-corrected chi connectivity index (χ3v) is 3.12. The molecule has 1 rings (SSSR count). The Labute approximate surface area is 141 Å². The van der Waals surface area contributed by atoms with Crippen molar-refractivity contribution in [3.05, 3.63) is 29.8 Å². The Balaban J connectivity index is 2.85. The van der Waals surface area contributed by atoms with Gasteiger partial charge in [-0.25, -0.2) is 0 Å². The monoisotopic (exact) mass is 330 g/mol. The lowest BCUT2D eigenvalue weighted by atomic mass is 10.0. The zero-order valence-electron chi connectivity index (χ0n) is 14.1. The van der Waals surface area contributed by atoms with Crippen molar-refractivity contribution in [1.29, 1.82) is 5.26 Å². The first-order chi connectivity index (χ1) is 11.3. The molecule has 0 bridgehead atoms. The highest BCUT2D eigenvalue weighted by atomic mass is 16.2. The maximum Gasteiger partial charge on any atom is 0.252 e. The summed E-state index contributed by atoms with van der Waals surface area (Å²) in [4.78, 5) is 35.6. The maximum atomic E-state index is 12.4. The maximum absolute atomic E-state index is 12.4. The van der Waals surface area contributed by atoms with Gasteiger partial charge in [0.05, 0.1) is 6.07 Å². The molecular weight excluding hydrogens is 308 g/mol. The van der Waals surface area contributed by atoms with E-state index in [-0.39, 0.29) is 18.4 Å². The minimum Gasteiger partial charge on any atom is -0.341 e. The molecule has 3 N–H and O–H groups in total. The van der Waals surface area contributed by atoms with E-state index < -0.39 is 17.9 Å². The molecule has 1 aromatic carbocycles. The number of benzene rings is 1. The molecule has 0 spiro atoms. The van der Waals surface area contributed by atoms with Crippen molar-refractivity contribution < 1.29 is 14.4 Å². The molecule has 0 unspecified atom stereocenters. The first-order valence-electron chi connectivity index (χ1n) is 7.66. The minimum atomic E-state index is -0.727. The fourth-order valence-corrected chi connectivity index (χ4v) is 2.14. The van der Waals surface area contributed by atoms with Crippen molar-refractivity contribution in [3.63, 3.8) is 0 Å². The van der Waals surface area contributed by atoms with Crippen molar-refractivity contribution in [2.45, 2.75) is 33.2 Å². The van der Waals surface area contributed by atoms with Gasteiger partial charge in [0.1, 0.15) is 12.6 Å². The van der Waals surface area contributed by atoms with E-state index in [9.17, 15) is 14.4 Å². The summed E-state index contributed by atoms with van der Waals surface area (Å²) in [7, 11) is 0. The second kappa shape index (κ2) is 9.30. The summed E-state index contributed by atoms with van der Waals surface area (Å²) in [5.41, 5.74) is 0.840. The molecule has 0 saturated carbocycles. The van der Waals surface area contributed by atoms with E-state index in [2.05, 4.69) is 16.0 Å². The van der Waals surface area contributed by atoms with Gasteiger partial charge < -0.3 is 16.0 Å². The number of nitriles is 1. The van der Waals surface area contributed by atoms with Crippen LogP contribution >= 0.6 is 0 Å². The fraction of sp³-hybridized carbons (Fsp3) is 0.412. The number of nitrogens with zero attached hydrogens (tertiary/aromatic N) is 1. The molecule has 0 aliphatic heterocycles. The number of carbonyl (C=O) groups excluding carboxylic acids is 3. The fourth-order valence-electron chi connectivity index (χ4n) is 2.14. The summed E-state index contributed by atoms with van der Waals surface area (Å²) in [6.07, 6.45) is 0.453. The summed E-state index contributed by atoms with van der Waals surface area (Å²) in [6.45, 7) is 5.15. The Morgan fingerprint density at radius 3 is 2.54 bits per heavy atom. The molecule has 24 heavy (non-hydrogen) atoms. The van der Waals surface area contributed by atoms with Crippen molar-refractivity contribution in [3.8, 4) is 6.07 Å². The smallest absolute Gasteiger partial charge is 0.252 e. The number of amides is 3. The summed E-state index contributed by atoms with van der Waals surface area (Å²) in [5, 5.41) is 16.3. The molecule has 1 aromatic rings. The largest absolute Gasteiger partial charge is 0.341 e. The van der Waals surface area contributed by atoms with Crippen LogP contribution < -0.4 is 16.0 Å². The average Bonchev–Trinajstić information content (AvgIpc) is 2.51. The minimum absolute atomic E-state index is 0.110. The number of rotatable bonds is 7. The number of carbonyl (C=O) groups is 3. The number of nitrogens with one attached hydrogen (secondary N) is 3. The van der Waals surface area contributed by atoms with E-state index in [1.807, 2.05) is 19.9 Å². The van der Waals surface area contributed by atoms with Crippen LogP contribution in [0.2, 0.25) is 0 Å². The third-order valence-electron chi connectivity index (χ3n) is 3.12. The van der Waals surface area contributed by atoms with Gasteiger partial charge in [0.15, 0.2) is 0 Å². The van der Waals surface area contributed by atoms with E-state index in [0.717, 1.165) is 0 Å². The normalized spacial score (nSPS) is 11.3. The van der Waals surface area contributed by atoms with Crippen LogP contribution in [-0.4, -0.2) is 30.3 Å². The van der Waals surface area contributed by atoms with Gasteiger partial charge in [-0.3, -0.25) is 14.4 Å². The van der Waals surface area contributed by atoms with Crippen LogP contribution in [0.15, 0.2) is 24.3 Å². The molecule has 0 saturated heterocycles. The molecule has 0 aliphatic carbocycles. The van der Waals surface area contributed by atoms with Gasteiger partial charge in [-0.05, 0) is 30.5 Å². The molecule has 1 atom stereocenters. The molecule has 128 valence electrons. The first kappa shape index (κ1) is 19.2. The van der Waals surface area contributed by atoms with Crippen LogP contribution in [0.25, 0.3) is 0 Å². The highest BCUT2D eigenvalue weighted by Crippen LogP contribution is 2.12. The summed E-state index contributed by atoms with van der Waals surface area (Å²) < 4.78 is 0. The van der Waals surface area contributed by atoms with Crippen molar-refractivity contribution in [2.75, 3.05) is 11.9 Å². The van der Waals surface area contributed by atoms with Gasteiger partial charge >= 0.3 is 0 Å². The molecule has 3 amide bonds. The Morgan fingerprint density at radius 2 is 1.96 bits per heavy atom. The quantitative estimate of drug-likeness (QED) is 0.657. The van der Waals surface area contributed by atoms with Gasteiger partial charge in [0, 0.05) is 18.2 Å². The summed E-state index contributed by atoms with van der Waals surface area (Å²) >= 11 is 0. The molecule has 7 heteroatoms. The lowest BCUT2D eigenvalue weighted by molar-refractivity contribution is -0.123. The van der Waals surface area contributed by atoms with Crippen LogP contribution in [0.1, 0.15) is 37.6 Å². The van der Waals surface area contributed by atoms with Crippen LogP contribution in [0.5, 0.6) is 0 Å². The molecule has 0 aliphatic rings. The van der Waals surface area contributed by atoms with Crippen molar-refractivity contribution in [2.24, 2.45) is 5.92 Å². The third kappa shape index (κ3) is 6.48. The van der Waals surface area contributed by atoms with Crippen LogP contribution in [0.3, 0.4) is 0 Å². The Morgan fingerprint density at radius 1 is 1.25 bits per heavy atom. The number of hydrogen-bond donors (Lipinski definition) is 3. The summed E-state index contributed by atoms with van der Waals surface area (Å²) in [5.74, 6) is -0.855. The lowest BCUT2D eigenvalue weighted by Crippen LogP contribution is -2.47. The molecule has 0 aromatic heterocycles. The Bertz CT molecular complexity index is 649. The standard InChI is InChI=1S/C17H22N4O3/c1-11(2)9-15(17(24)19-8-7-18)21-16(23)13-5-4-6-14(10-13)20-12(3)22/h4-6,10-11,15H,8-9H2,1-3H3,(H,19,24)(H,20,22)(H,21,23)/t15-/m0/s1. The van der Waals surface area contributed by atoms with E-state index in [1.165, 1.54) is 13.0 Å². The predicted octanol–water partition coefficient (Wildman–Crippen LogP) is 1.43. The number of hydrogen-bond acceptors (Lipinski definition) is 4. The lowest BCUT2D eigenvalue weighted by Gasteiger charge is -2.19. The Kier molecular flexibility index (Phi) is 7.43. The van der Waals surface area contributed by atoms with Crippen LogP contribution in [0, 0.1) is 17.2 Å². The highest BCUT2D eigenvalue weighted by molar-refractivity contribution is 5.99. The molecule has 7 nitrogen and oxygen atoms in total. The average molecular weight is 330 g/mol. The van der Waals surface area contributed by atoms with Gasteiger partial charge in [0.25, 0.3) is 5.91 Å². The van der Waals surface area contributed by atoms with E-state index in [1.54, 1.807) is 18.2 Å². The van der Waals surface area contributed by atoms with Gasteiger partial charge in [-0.2, -0.15) is 5.26 Å². The van der Waals surface area contributed by atoms with Gasteiger partial charge in [-0.1, -0.05) is 19.9 Å². The van der Waals surface area contributed by atoms with Crippen molar-refractivity contribution in [1.82, 2.24) is 10.6 Å². The zero-order chi connectivity index (χ0) is 18.1. The molecule has 0 radical (unpaired) electrons. The highest BCUT2D eigenvalue weighted by Gasteiger charge is 2.22. The second-order valence-corrected chi connectivity index (χ2v) is 5.79. The van der Waals surface area contributed by atoms with E-state index in [4.69, 9.17) is 5.26 Å². The van der Waals surface area contributed by atoms with E-state index in [0.29, 0.717) is 17.7 Å². The van der Waals surface area contributed by atoms with Crippen LogP contribution in [0.4, 0.5) is 5.69 Å². The van der Waals surface area contributed by atoms with Crippen molar-refractivity contribution >= 4 is 23.4 Å². The SMILES string of the molecule is CC(=O)Nc1cccc(C(=O)N[C@@H](CC(C)C)C(=O)NCC#N)c1. The second-order valence-electron chi connectivity index (χ2n) is 5.79. The topological polar surface area (TPSA) is 111 Å². The Hall–Kier alpha value is -2.88. The molecular formula is C17H22N4O3. The predicted molar refractivity (Wildman–Crippen MR) is 90.1 cm³/mol. The van der Waals surface area contributed by atoms with E-state index >= 15 is 0 Å². The molecule has 0 heterocycles. The molecule has 0 fully saturated rings. The van der Waals surface area contributed by atoms with Gasteiger partial charge in [0.2, 0.25) is 11.8 Å². The first-order valence-corrected chi connectivity index (χ1v) is 7.66. The number of anilines is 1. The zero-order valence-corrected chi connectivity index (χ0v) is 14.1. The van der Waals surface area contributed by atoms with Gasteiger partial charge in [-0.15, -0.1) is 0 Å². The van der Waals surface area contributed by atoms with Crippen LogP contribution in [-0.2, 0) is 9.59 Å². The summed E-state index contributed by atoms with van der Waals surface area (Å²) in [6, 6.07) is 7.56.